The van der Waals surface area contributed by atoms with Crippen molar-refractivity contribution in [1.82, 2.24) is 4.90 Å². The molecule has 1 fully saturated rings. The van der Waals surface area contributed by atoms with Crippen molar-refractivity contribution in [2.24, 2.45) is 0 Å². The van der Waals surface area contributed by atoms with Gasteiger partial charge in [-0.3, -0.25) is 4.79 Å². The number of amides is 1. The minimum Gasteiger partial charge on any atom is -0.490 e. The normalized spacial score (nSPS) is 18.1. The molecule has 0 radical (unpaired) electrons. The summed E-state index contributed by atoms with van der Waals surface area (Å²) in [6.07, 6.45) is 0.231. The zero-order valence-electron chi connectivity index (χ0n) is 12.0. The van der Waals surface area contributed by atoms with Crippen molar-refractivity contribution in [1.29, 1.82) is 0 Å². The fraction of sp³-hybridized carbons (Fsp3) is 0.533. The predicted molar refractivity (Wildman–Crippen MR) is 75.3 cm³/mol. The molecule has 0 saturated carbocycles. The first-order valence-electron chi connectivity index (χ1n) is 7.02. The summed E-state index contributed by atoms with van der Waals surface area (Å²) in [5, 5.41) is 9.51. The topological polar surface area (TPSA) is 59.0 Å². The van der Waals surface area contributed by atoms with E-state index in [0.29, 0.717) is 49.8 Å². The third-order valence-corrected chi connectivity index (χ3v) is 3.24. The lowest BCUT2D eigenvalue weighted by molar-refractivity contribution is 0.0764. The van der Waals surface area contributed by atoms with Crippen molar-refractivity contribution in [3.8, 4) is 11.5 Å². The molecular weight excluding hydrogens is 258 g/mol. The van der Waals surface area contributed by atoms with Crippen molar-refractivity contribution in [3.05, 3.63) is 23.8 Å². The number of rotatable bonds is 5. The molecule has 0 unspecified atom stereocenters. The first kappa shape index (κ1) is 14.7. The number of benzene rings is 1. The molecular formula is C15H21NO4. The standard InChI is InChI=1S/C15H21NO4/c1-3-19-13-6-5-11(9-14(13)20-4-2)15(18)16-8-7-12(17)10-16/h5-6,9,12,17H,3-4,7-8,10H2,1-2H3/t12-/m1/s1. The molecule has 0 spiro atoms. The Balaban J connectivity index is 2.19. The largest absolute Gasteiger partial charge is 0.490 e. The Bertz CT molecular complexity index is 475. The van der Waals surface area contributed by atoms with Crippen molar-refractivity contribution >= 4 is 5.91 Å². The highest BCUT2D eigenvalue weighted by atomic mass is 16.5. The number of hydrogen-bond acceptors (Lipinski definition) is 4. The van der Waals surface area contributed by atoms with Gasteiger partial charge in [0.15, 0.2) is 11.5 Å². The van der Waals surface area contributed by atoms with Crippen molar-refractivity contribution in [2.75, 3.05) is 26.3 Å². The molecule has 1 aromatic carbocycles. The van der Waals surface area contributed by atoms with E-state index in [1.807, 2.05) is 13.8 Å². The first-order chi connectivity index (χ1) is 9.65. The van der Waals surface area contributed by atoms with Gasteiger partial charge in [0.1, 0.15) is 0 Å². The third-order valence-electron chi connectivity index (χ3n) is 3.24. The number of aliphatic hydroxyl groups is 1. The molecule has 2 rings (SSSR count). The molecule has 5 nitrogen and oxygen atoms in total. The zero-order chi connectivity index (χ0) is 14.5. The van der Waals surface area contributed by atoms with E-state index < -0.39 is 6.10 Å². The van der Waals surface area contributed by atoms with Crippen LogP contribution in [0.25, 0.3) is 0 Å². The Morgan fingerprint density at radius 2 is 2.00 bits per heavy atom. The van der Waals surface area contributed by atoms with Crippen LogP contribution in [0.2, 0.25) is 0 Å². The van der Waals surface area contributed by atoms with E-state index in [-0.39, 0.29) is 5.91 Å². The van der Waals surface area contributed by atoms with Crippen LogP contribution in [-0.4, -0.2) is 48.3 Å². The molecule has 1 N–H and O–H groups in total. The average molecular weight is 279 g/mol. The minimum atomic E-state index is -0.409. The summed E-state index contributed by atoms with van der Waals surface area (Å²) >= 11 is 0. The zero-order valence-corrected chi connectivity index (χ0v) is 12.0. The van der Waals surface area contributed by atoms with Gasteiger partial charge in [0.2, 0.25) is 0 Å². The Morgan fingerprint density at radius 1 is 1.30 bits per heavy atom. The van der Waals surface area contributed by atoms with Gasteiger partial charge >= 0.3 is 0 Å². The van der Waals surface area contributed by atoms with Crippen molar-refractivity contribution in [2.45, 2.75) is 26.4 Å². The SMILES string of the molecule is CCOc1ccc(C(=O)N2CC[C@@H](O)C2)cc1OCC. The molecule has 20 heavy (non-hydrogen) atoms. The van der Waals surface area contributed by atoms with Gasteiger partial charge < -0.3 is 19.5 Å². The fourth-order valence-electron chi connectivity index (χ4n) is 2.29. The number of carbonyl (C=O) groups excluding carboxylic acids is 1. The average Bonchev–Trinajstić information content (AvgIpc) is 2.87. The van der Waals surface area contributed by atoms with Gasteiger partial charge in [0.05, 0.1) is 19.3 Å². The van der Waals surface area contributed by atoms with E-state index in [4.69, 9.17) is 9.47 Å². The number of likely N-dealkylation sites (tertiary alicyclic amines) is 1. The van der Waals surface area contributed by atoms with Crippen LogP contribution in [0.4, 0.5) is 0 Å². The first-order valence-corrected chi connectivity index (χ1v) is 7.02. The van der Waals surface area contributed by atoms with Gasteiger partial charge in [0.25, 0.3) is 5.91 Å². The van der Waals surface area contributed by atoms with Crippen LogP contribution in [0.15, 0.2) is 18.2 Å². The van der Waals surface area contributed by atoms with E-state index in [9.17, 15) is 9.90 Å². The van der Waals surface area contributed by atoms with E-state index in [0.717, 1.165) is 0 Å². The summed E-state index contributed by atoms with van der Waals surface area (Å²) in [5.74, 6) is 1.15. The van der Waals surface area contributed by atoms with Gasteiger partial charge in [-0.25, -0.2) is 0 Å². The maximum absolute atomic E-state index is 12.3. The molecule has 1 saturated heterocycles. The molecule has 0 bridgehead atoms. The van der Waals surface area contributed by atoms with E-state index >= 15 is 0 Å². The highest BCUT2D eigenvalue weighted by Crippen LogP contribution is 2.29. The second-order valence-electron chi connectivity index (χ2n) is 4.72. The molecule has 0 aromatic heterocycles. The Morgan fingerprint density at radius 3 is 2.60 bits per heavy atom. The molecule has 1 atom stereocenters. The maximum Gasteiger partial charge on any atom is 0.254 e. The van der Waals surface area contributed by atoms with Gasteiger partial charge in [-0.2, -0.15) is 0 Å². The summed E-state index contributed by atoms with van der Waals surface area (Å²) < 4.78 is 11.0. The molecule has 1 aliphatic rings. The number of ether oxygens (including phenoxy) is 2. The van der Waals surface area contributed by atoms with Crippen LogP contribution in [0, 0.1) is 0 Å². The van der Waals surface area contributed by atoms with Crippen molar-refractivity contribution < 1.29 is 19.4 Å². The smallest absolute Gasteiger partial charge is 0.254 e. The molecule has 1 amide bonds. The summed E-state index contributed by atoms with van der Waals surface area (Å²) in [4.78, 5) is 14.0. The minimum absolute atomic E-state index is 0.0782. The van der Waals surface area contributed by atoms with Crippen LogP contribution in [0.5, 0.6) is 11.5 Å². The van der Waals surface area contributed by atoms with Crippen LogP contribution in [0.1, 0.15) is 30.6 Å². The highest BCUT2D eigenvalue weighted by Gasteiger charge is 2.26. The van der Waals surface area contributed by atoms with Gasteiger partial charge in [-0.05, 0) is 38.5 Å². The molecule has 5 heteroatoms. The second kappa shape index (κ2) is 6.61. The monoisotopic (exact) mass is 279 g/mol. The molecule has 1 aliphatic heterocycles. The predicted octanol–water partition coefficient (Wildman–Crippen LogP) is 1.69. The molecule has 110 valence electrons. The molecule has 0 aliphatic carbocycles. The highest BCUT2D eigenvalue weighted by molar-refractivity contribution is 5.95. The van der Waals surface area contributed by atoms with Crippen molar-refractivity contribution in [3.63, 3.8) is 0 Å². The van der Waals surface area contributed by atoms with E-state index in [1.54, 1.807) is 23.1 Å². The molecule has 1 heterocycles. The lowest BCUT2D eigenvalue weighted by Crippen LogP contribution is -2.29. The van der Waals surface area contributed by atoms with Crippen LogP contribution in [-0.2, 0) is 0 Å². The van der Waals surface area contributed by atoms with Crippen LogP contribution >= 0.6 is 0 Å². The van der Waals surface area contributed by atoms with E-state index in [1.165, 1.54) is 0 Å². The Hall–Kier alpha value is -1.75. The lowest BCUT2D eigenvalue weighted by Gasteiger charge is -2.17. The summed E-state index contributed by atoms with van der Waals surface area (Å²) in [7, 11) is 0. The summed E-state index contributed by atoms with van der Waals surface area (Å²) in [6, 6.07) is 5.20. The van der Waals surface area contributed by atoms with Gasteiger partial charge in [-0.15, -0.1) is 0 Å². The van der Waals surface area contributed by atoms with Gasteiger partial charge in [-0.1, -0.05) is 0 Å². The number of aliphatic hydroxyl groups excluding tert-OH is 1. The lowest BCUT2D eigenvalue weighted by atomic mass is 10.1. The second-order valence-corrected chi connectivity index (χ2v) is 4.72. The number of hydrogen-bond donors (Lipinski definition) is 1. The van der Waals surface area contributed by atoms with E-state index in [2.05, 4.69) is 0 Å². The summed E-state index contributed by atoms with van der Waals surface area (Å²) in [6.45, 7) is 5.85. The molecule has 1 aromatic rings. The Kier molecular flexibility index (Phi) is 4.84. The van der Waals surface area contributed by atoms with Crippen LogP contribution in [0.3, 0.4) is 0 Å². The maximum atomic E-state index is 12.3. The third kappa shape index (κ3) is 3.22. The number of β-amino-alcohol motifs (C(OH)–C–C–N with tert-alkyl or cyclic N) is 1. The van der Waals surface area contributed by atoms with Gasteiger partial charge in [0, 0.05) is 18.7 Å². The number of nitrogens with zero attached hydrogens (tertiary/aromatic N) is 1. The quantitative estimate of drug-likeness (QED) is 0.891. The van der Waals surface area contributed by atoms with Crippen LogP contribution < -0.4 is 9.47 Å². The fourth-order valence-corrected chi connectivity index (χ4v) is 2.29. The number of carbonyl (C=O) groups is 1. The Labute approximate surface area is 119 Å². The summed E-state index contributed by atoms with van der Waals surface area (Å²) in [5.41, 5.74) is 0.561.